The molecule has 2 fully saturated rings. The van der Waals surface area contributed by atoms with E-state index in [1.807, 2.05) is 4.90 Å². The lowest BCUT2D eigenvalue weighted by Gasteiger charge is -2.42. The van der Waals surface area contributed by atoms with Crippen LogP contribution in [0.15, 0.2) is 0 Å². The van der Waals surface area contributed by atoms with Gasteiger partial charge in [0, 0.05) is 19.6 Å². The van der Waals surface area contributed by atoms with Gasteiger partial charge in [-0.15, -0.1) is 0 Å². The zero-order chi connectivity index (χ0) is 13.7. The standard InChI is InChI=1S/C14H26N2O3/c1-2-4-14(5-3-6-15-11-14)13(18)16-7-8-19-12(9-16)10-17/h12,15,17H,2-11H2,1H3. The van der Waals surface area contributed by atoms with Crippen LogP contribution in [0.2, 0.25) is 0 Å². The summed E-state index contributed by atoms with van der Waals surface area (Å²) in [6, 6.07) is 0. The highest BCUT2D eigenvalue weighted by molar-refractivity contribution is 5.83. The van der Waals surface area contributed by atoms with E-state index in [0.717, 1.165) is 38.8 Å². The van der Waals surface area contributed by atoms with Crippen molar-refractivity contribution in [3.05, 3.63) is 0 Å². The largest absolute Gasteiger partial charge is 0.394 e. The summed E-state index contributed by atoms with van der Waals surface area (Å²) in [5.41, 5.74) is -0.232. The molecule has 1 amide bonds. The minimum atomic E-state index is -0.232. The number of hydrogen-bond acceptors (Lipinski definition) is 4. The fourth-order valence-electron chi connectivity index (χ4n) is 3.30. The zero-order valence-electron chi connectivity index (χ0n) is 11.9. The van der Waals surface area contributed by atoms with Gasteiger partial charge in [-0.05, 0) is 25.8 Å². The number of aliphatic hydroxyl groups excluding tert-OH is 1. The molecule has 2 saturated heterocycles. The number of carbonyl (C=O) groups is 1. The highest BCUT2D eigenvalue weighted by Crippen LogP contribution is 2.34. The van der Waals surface area contributed by atoms with E-state index >= 15 is 0 Å². The monoisotopic (exact) mass is 270 g/mol. The Kier molecular flexibility index (Phi) is 5.19. The lowest BCUT2D eigenvalue weighted by atomic mass is 9.75. The van der Waals surface area contributed by atoms with Gasteiger partial charge in [0.15, 0.2) is 0 Å². The summed E-state index contributed by atoms with van der Waals surface area (Å²) in [6.45, 7) is 5.65. The van der Waals surface area contributed by atoms with E-state index in [1.54, 1.807) is 0 Å². The first-order chi connectivity index (χ1) is 9.22. The minimum Gasteiger partial charge on any atom is -0.394 e. The highest BCUT2D eigenvalue weighted by atomic mass is 16.5. The highest BCUT2D eigenvalue weighted by Gasteiger charge is 2.42. The topological polar surface area (TPSA) is 61.8 Å². The smallest absolute Gasteiger partial charge is 0.230 e. The molecule has 110 valence electrons. The third-order valence-electron chi connectivity index (χ3n) is 4.28. The van der Waals surface area contributed by atoms with E-state index in [2.05, 4.69) is 12.2 Å². The number of amides is 1. The van der Waals surface area contributed by atoms with Crippen molar-refractivity contribution in [3.8, 4) is 0 Å². The van der Waals surface area contributed by atoms with Gasteiger partial charge < -0.3 is 20.1 Å². The summed E-state index contributed by atoms with van der Waals surface area (Å²) in [4.78, 5) is 14.8. The van der Waals surface area contributed by atoms with Crippen LogP contribution in [0.25, 0.3) is 0 Å². The molecule has 2 N–H and O–H groups in total. The maximum atomic E-state index is 12.9. The quantitative estimate of drug-likeness (QED) is 0.775. The van der Waals surface area contributed by atoms with E-state index in [-0.39, 0.29) is 24.0 Å². The first kappa shape index (κ1) is 14.8. The number of morpholine rings is 1. The van der Waals surface area contributed by atoms with Crippen molar-refractivity contribution in [1.82, 2.24) is 10.2 Å². The molecular formula is C14H26N2O3. The number of piperidine rings is 1. The molecule has 2 unspecified atom stereocenters. The summed E-state index contributed by atoms with van der Waals surface area (Å²) >= 11 is 0. The molecule has 0 aromatic rings. The third-order valence-corrected chi connectivity index (χ3v) is 4.28. The summed E-state index contributed by atoms with van der Waals surface area (Å²) in [6.07, 6.45) is 3.81. The Hall–Kier alpha value is -0.650. The number of ether oxygens (including phenoxy) is 1. The van der Waals surface area contributed by atoms with Gasteiger partial charge in [0.2, 0.25) is 5.91 Å². The number of rotatable bonds is 4. The van der Waals surface area contributed by atoms with E-state index in [0.29, 0.717) is 19.7 Å². The first-order valence-electron chi connectivity index (χ1n) is 7.44. The molecule has 2 atom stereocenters. The summed E-state index contributed by atoms with van der Waals surface area (Å²) in [5, 5.41) is 12.6. The number of aliphatic hydroxyl groups is 1. The molecule has 0 aliphatic carbocycles. The van der Waals surface area contributed by atoms with Gasteiger partial charge in [0.1, 0.15) is 0 Å². The van der Waals surface area contributed by atoms with Crippen LogP contribution in [0.4, 0.5) is 0 Å². The van der Waals surface area contributed by atoms with Crippen molar-refractivity contribution in [1.29, 1.82) is 0 Å². The third kappa shape index (κ3) is 3.27. The Bertz CT molecular complexity index is 298. The Morgan fingerprint density at radius 2 is 2.42 bits per heavy atom. The van der Waals surface area contributed by atoms with Crippen LogP contribution >= 0.6 is 0 Å². The number of carbonyl (C=O) groups excluding carboxylic acids is 1. The fourth-order valence-corrected chi connectivity index (χ4v) is 3.30. The Labute approximate surface area is 115 Å². The molecule has 2 rings (SSSR count). The molecule has 0 aromatic carbocycles. The van der Waals surface area contributed by atoms with Crippen LogP contribution in [0.1, 0.15) is 32.6 Å². The number of hydrogen-bond donors (Lipinski definition) is 2. The molecule has 0 spiro atoms. The number of nitrogens with zero attached hydrogens (tertiary/aromatic N) is 1. The second kappa shape index (κ2) is 6.68. The molecule has 5 nitrogen and oxygen atoms in total. The molecule has 0 bridgehead atoms. The van der Waals surface area contributed by atoms with Crippen molar-refractivity contribution in [2.75, 3.05) is 39.4 Å². The Morgan fingerprint density at radius 3 is 3.05 bits per heavy atom. The fraction of sp³-hybridized carbons (Fsp3) is 0.929. The lowest BCUT2D eigenvalue weighted by Crippen LogP contribution is -2.56. The number of nitrogens with one attached hydrogen (secondary N) is 1. The van der Waals surface area contributed by atoms with Gasteiger partial charge in [-0.2, -0.15) is 0 Å². The predicted octanol–water partition coefficient (Wildman–Crippen LogP) is 0.376. The lowest BCUT2D eigenvalue weighted by molar-refractivity contribution is -0.152. The molecule has 0 saturated carbocycles. The molecule has 0 aromatic heterocycles. The van der Waals surface area contributed by atoms with Crippen molar-refractivity contribution >= 4 is 5.91 Å². The van der Waals surface area contributed by atoms with Crippen LogP contribution in [0.5, 0.6) is 0 Å². The SMILES string of the molecule is CCCC1(C(=O)N2CCOC(CO)C2)CCCNC1. The van der Waals surface area contributed by atoms with E-state index in [4.69, 9.17) is 4.74 Å². The van der Waals surface area contributed by atoms with E-state index in [9.17, 15) is 9.90 Å². The van der Waals surface area contributed by atoms with E-state index < -0.39 is 0 Å². The van der Waals surface area contributed by atoms with Gasteiger partial charge in [-0.1, -0.05) is 13.3 Å². The van der Waals surface area contributed by atoms with Gasteiger partial charge >= 0.3 is 0 Å². The maximum absolute atomic E-state index is 12.9. The van der Waals surface area contributed by atoms with Crippen molar-refractivity contribution in [3.63, 3.8) is 0 Å². The molecule has 5 heteroatoms. The average Bonchev–Trinajstić information content (AvgIpc) is 2.48. The van der Waals surface area contributed by atoms with Crippen LogP contribution in [0, 0.1) is 5.41 Å². The molecule has 2 aliphatic rings. The van der Waals surface area contributed by atoms with Gasteiger partial charge in [-0.25, -0.2) is 0 Å². The average molecular weight is 270 g/mol. The van der Waals surface area contributed by atoms with E-state index in [1.165, 1.54) is 0 Å². The Balaban J connectivity index is 2.05. The molecule has 0 radical (unpaired) electrons. The first-order valence-corrected chi connectivity index (χ1v) is 7.44. The van der Waals surface area contributed by atoms with Gasteiger partial charge in [0.05, 0.1) is 24.7 Å². The van der Waals surface area contributed by atoms with Crippen molar-refractivity contribution in [2.45, 2.75) is 38.7 Å². The summed E-state index contributed by atoms with van der Waals surface area (Å²) in [5.74, 6) is 0.253. The van der Waals surface area contributed by atoms with Crippen LogP contribution < -0.4 is 5.32 Å². The van der Waals surface area contributed by atoms with Crippen LogP contribution in [-0.2, 0) is 9.53 Å². The summed E-state index contributed by atoms with van der Waals surface area (Å²) < 4.78 is 5.43. The second-order valence-electron chi connectivity index (χ2n) is 5.74. The minimum absolute atomic E-state index is 0.0111. The molecule has 19 heavy (non-hydrogen) atoms. The maximum Gasteiger partial charge on any atom is 0.230 e. The van der Waals surface area contributed by atoms with Crippen LogP contribution in [0.3, 0.4) is 0 Å². The normalized spacial score (nSPS) is 32.3. The second-order valence-corrected chi connectivity index (χ2v) is 5.74. The zero-order valence-corrected chi connectivity index (χ0v) is 11.9. The van der Waals surface area contributed by atoms with Gasteiger partial charge in [0.25, 0.3) is 0 Å². The van der Waals surface area contributed by atoms with Gasteiger partial charge in [-0.3, -0.25) is 4.79 Å². The Morgan fingerprint density at radius 1 is 1.58 bits per heavy atom. The molecule has 2 heterocycles. The molecular weight excluding hydrogens is 244 g/mol. The van der Waals surface area contributed by atoms with Crippen molar-refractivity contribution in [2.24, 2.45) is 5.41 Å². The summed E-state index contributed by atoms with van der Waals surface area (Å²) in [7, 11) is 0. The van der Waals surface area contributed by atoms with Crippen molar-refractivity contribution < 1.29 is 14.6 Å². The predicted molar refractivity (Wildman–Crippen MR) is 72.9 cm³/mol. The molecule has 2 aliphatic heterocycles. The van der Waals surface area contributed by atoms with Crippen LogP contribution in [-0.4, -0.2) is 61.4 Å².